The Morgan fingerprint density at radius 1 is 1.35 bits per heavy atom. The van der Waals surface area contributed by atoms with Crippen LogP contribution in [-0.2, 0) is 6.61 Å². The van der Waals surface area contributed by atoms with E-state index in [1.807, 2.05) is 18.2 Å². The Morgan fingerprint density at radius 3 is 2.94 bits per heavy atom. The van der Waals surface area contributed by atoms with E-state index in [4.69, 9.17) is 14.6 Å². The van der Waals surface area contributed by atoms with Gasteiger partial charge in [0.1, 0.15) is 10.4 Å². The van der Waals surface area contributed by atoms with Crippen molar-refractivity contribution in [1.82, 2.24) is 9.97 Å². The average Bonchev–Trinajstić information content (AvgIpc) is 2.93. The molecule has 1 aromatic carbocycles. The molecule has 2 N–H and O–H groups in total. The van der Waals surface area contributed by atoms with Gasteiger partial charge in [0.25, 0.3) is 0 Å². The predicted molar refractivity (Wildman–Crippen MR) is 63.8 cm³/mol. The maximum Gasteiger partial charge on any atom is 0.231 e. The largest absolute Gasteiger partial charge is 0.454 e. The second-order valence-corrected chi connectivity index (χ2v) is 4.33. The molecule has 0 radical (unpaired) electrons. The second kappa shape index (κ2) is 4.05. The number of H-pyrrole nitrogens is 1. The third-order valence-electron chi connectivity index (χ3n) is 2.53. The lowest BCUT2D eigenvalue weighted by Crippen LogP contribution is -1.92. The fraction of sp³-hybridized carbons (Fsp3) is 0.182. The average molecular weight is 297 g/mol. The van der Waals surface area contributed by atoms with Crippen molar-refractivity contribution in [3.63, 3.8) is 0 Å². The number of aromatic amines is 1. The summed E-state index contributed by atoms with van der Waals surface area (Å²) >= 11 is 3.28. The molecule has 0 saturated carbocycles. The van der Waals surface area contributed by atoms with Gasteiger partial charge < -0.3 is 19.6 Å². The van der Waals surface area contributed by atoms with Crippen LogP contribution in [0.3, 0.4) is 0 Å². The first-order valence-electron chi connectivity index (χ1n) is 5.03. The molecular formula is C11H9BrN2O3. The summed E-state index contributed by atoms with van der Waals surface area (Å²) in [7, 11) is 0. The van der Waals surface area contributed by atoms with E-state index in [0.29, 0.717) is 21.9 Å². The highest BCUT2D eigenvalue weighted by Crippen LogP contribution is 2.35. The first-order valence-corrected chi connectivity index (χ1v) is 5.82. The summed E-state index contributed by atoms with van der Waals surface area (Å²) in [5.41, 5.74) is 1.53. The Balaban J connectivity index is 2.03. The zero-order valence-electron chi connectivity index (χ0n) is 8.74. The number of rotatable bonds is 2. The highest BCUT2D eigenvalue weighted by Gasteiger charge is 2.16. The normalized spacial score (nSPS) is 13.1. The summed E-state index contributed by atoms with van der Waals surface area (Å²) in [4.78, 5) is 7.32. The summed E-state index contributed by atoms with van der Waals surface area (Å²) in [6, 6.07) is 5.58. The SMILES string of the molecule is OCc1[nH]c(-c2ccc3c(c2)OCO3)nc1Br. The zero-order chi connectivity index (χ0) is 11.8. The monoisotopic (exact) mass is 296 g/mol. The van der Waals surface area contributed by atoms with Gasteiger partial charge in [-0.3, -0.25) is 0 Å². The Morgan fingerprint density at radius 2 is 2.18 bits per heavy atom. The number of nitrogens with zero attached hydrogens (tertiary/aromatic N) is 1. The first-order chi connectivity index (χ1) is 8.28. The van der Waals surface area contributed by atoms with Gasteiger partial charge in [0.2, 0.25) is 6.79 Å². The smallest absolute Gasteiger partial charge is 0.231 e. The van der Waals surface area contributed by atoms with Gasteiger partial charge in [0.15, 0.2) is 11.5 Å². The minimum atomic E-state index is -0.0852. The molecule has 2 aromatic rings. The van der Waals surface area contributed by atoms with E-state index in [1.54, 1.807) is 0 Å². The maximum absolute atomic E-state index is 9.09. The number of aromatic nitrogens is 2. The van der Waals surface area contributed by atoms with Gasteiger partial charge in [-0.2, -0.15) is 0 Å². The van der Waals surface area contributed by atoms with Gasteiger partial charge in [0.05, 0.1) is 12.3 Å². The van der Waals surface area contributed by atoms with Gasteiger partial charge in [-0.15, -0.1) is 0 Å². The Bertz CT molecular complexity index is 568. The minimum absolute atomic E-state index is 0.0852. The van der Waals surface area contributed by atoms with Crippen molar-refractivity contribution in [2.45, 2.75) is 6.61 Å². The molecule has 1 aliphatic rings. The van der Waals surface area contributed by atoms with E-state index in [0.717, 1.165) is 11.3 Å². The fourth-order valence-electron chi connectivity index (χ4n) is 1.67. The highest BCUT2D eigenvalue weighted by molar-refractivity contribution is 9.10. The van der Waals surface area contributed by atoms with Crippen molar-refractivity contribution in [2.24, 2.45) is 0 Å². The van der Waals surface area contributed by atoms with Crippen LogP contribution < -0.4 is 9.47 Å². The van der Waals surface area contributed by atoms with Crippen LogP contribution in [0.25, 0.3) is 11.4 Å². The van der Waals surface area contributed by atoms with Gasteiger partial charge in [-0.1, -0.05) is 0 Å². The molecule has 6 heteroatoms. The number of aliphatic hydroxyl groups is 1. The zero-order valence-corrected chi connectivity index (χ0v) is 10.3. The molecule has 0 spiro atoms. The number of aliphatic hydroxyl groups excluding tert-OH is 1. The van der Waals surface area contributed by atoms with Crippen LogP contribution in [0, 0.1) is 0 Å². The van der Waals surface area contributed by atoms with Crippen LogP contribution in [0.4, 0.5) is 0 Å². The molecule has 0 atom stereocenters. The molecule has 88 valence electrons. The molecule has 5 nitrogen and oxygen atoms in total. The highest BCUT2D eigenvalue weighted by atomic mass is 79.9. The maximum atomic E-state index is 9.09. The molecule has 1 aliphatic heterocycles. The quantitative estimate of drug-likeness (QED) is 0.890. The van der Waals surface area contributed by atoms with E-state index < -0.39 is 0 Å². The molecule has 3 rings (SSSR count). The van der Waals surface area contributed by atoms with E-state index >= 15 is 0 Å². The molecule has 1 aromatic heterocycles. The lowest BCUT2D eigenvalue weighted by molar-refractivity contribution is 0.174. The first kappa shape index (κ1) is 10.6. The second-order valence-electron chi connectivity index (χ2n) is 3.58. The molecule has 0 aliphatic carbocycles. The van der Waals surface area contributed by atoms with E-state index in [1.165, 1.54) is 0 Å². The third-order valence-corrected chi connectivity index (χ3v) is 3.19. The van der Waals surface area contributed by atoms with Crippen LogP contribution in [0.15, 0.2) is 22.8 Å². The molecule has 2 heterocycles. The Labute approximate surface area is 106 Å². The van der Waals surface area contributed by atoms with Crippen molar-refractivity contribution in [3.8, 4) is 22.9 Å². The molecule has 17 heavy (non-hydrogen) atoms. The molecule has 0 bridgehead atoms. The van der Waals surface area contributed by atoms with Crippen LogP contribution in [0.1, 0.15) is 5.69 Å². The van der Waals surface area contributed by atoms with Crippen molar-refractivity contribution in [1.29, 1.82) is 0 Å². The van der Waals surface area contributed by atoms with Gasteiger partial charge in [-0.25, -0.2) is 4.98 Å². The Hall–Kier alpha value is -1.53. The third kappa shape index (κ3) is 1.79. The van der Waals surface area contributed by atoms with Crippen LogP contribution in [-0.4, -0.2) is 21.9 Å². The topological polar surface area (TPSA) is 67.4 Å². The molecule has 0 amide bonds. The number of imidazole rings is 1. The van der Waals surface area contributed by atoms with Crippen molar-refractivity contribution >= 4 is 15.9 Å². The van der Waals surface area contributed by atoms with E-state index in [2.05, 4.69) is 25.9 Å². The lowest BCUT2D eigenvalue weighted by atomic mass is 10.2. The predicted octanol–water partition coefficient (Wildman–Crippen LogP) is 2.06. The van der Waals surface area contributed by atoms with Crippen LogP contribution >= 0.6 is 15.9 Å². The fourth-order valence-corrected chi connectivity index (χ4v) is 2.08. The number of fused-ring (bicyclic) bond motifs is 1. The number of benzene rings is 1. The van der Waals surface area contributed by atoms with E-state index in [-0.39, 0.29) is 13.4 Å². The van der Waals surface area contributed by atoms with Gasteiger partial charge in [0, 0.05) is 5.56 Å². The van der Waals surface area contributed by atoms with Gasteiger partial charge in [-0.05, 0) is 34.1 Å². The number of hydrogen-bond acceptors (Lipinski definition) is 4. The number of nitrogens with one attached hydrogen (secondary N) is 1. The summed E-state index contributed by atoms with van der Waals surface area (Å²) in [5, 5.41) is 9.09. The van der Waals surface area contributed by atoms with Crippen molar-refractivity contribution < 1.29 is 14.6 Å². The molecule has 0 saturated heterocycles. The minimum Gasteiger partial charge on any atom is -0.454 e. The number of hydrogen-bond donors (Lipinski definition) is 2. The van der Waals surface area contributed by atoms with Crippen LogP contribution in [0.5, 0.6) is 11.5 Å². The lowest BCUT2D eigenvalue weighted by Gasteiger charge is -1.99. The molecular weight excluding hydrogens is 288 g/mol. The Kier molecular flexibility index (Phi) is 2.53. The number of halogens is 1. The van der Waals surface area contributed by atoms with Crippen molar-refractivity contribution in [3.05, 3.63) is 28.5 Å². The summed E-state index contributed by atoms with van der Waals surface area (Å²) < 4.78 is 11.2. The summed E-state index contributed by atoms with van der Waals surface area (Å²) in [5.74, 6) is 2.13. The standard InChI is InChI=1S/C11H9BrN2O3/c12-10-7(4-15)13-11(14-10)6-1-2-8-9(3-6)17-5-16-8/h1-3,15H,4-5H2,(H,13,14). The summed E-state index contributed by atoms with van der Waals surface area (Å²) in [6.45, 7) is 0.167. The summed E-state index contributed by atoms with van der Waals surface area (Å²) in [6.07, 6.45) is 0. The number of ether oxygens (including phenoxy) is 2. The van der Waals surface area contributed by atoms with E-state index in [9.17, 15) is 0 Å². The molecule has 0 unspecified atom stereocenters. The molecule has 0 fully saturated rings. The van der Waals surface area contributed by atoms with Gasteiger partial charge >= 0.3 is 0 Å². The van der Waals surface area contributed by atoms with Crippen molar-refractivity contribution in [2.75, 3.05) is 6.79 Å². The van der Waals surface area contributed by atoms with Crippen LogP contribution in [0.2, 0.25) is 0 Å².